The number of amides is 2. The highest BCUT2D eigenvalue weighted by Crippen LogP contribution is 2.31. The topological polar surface area (TPSA) is 62.3 Å². The first kappa shape index (κ1) is 18.4. The van der Waals surface area contributed by atoms with Gasteiger partial charge in [-0.15, -0.1) is 11.3 Å². The second kappa shape index (κ2) is 7.59. The molecule has 2 amide bonds. The van der Waals surface area contributed by atoms with Gasteiger partial charge in [0.1, 0.15) is 0 Å². The number of aromatic nitrogens is 1. The lowest BCUT2D eigenvalue weighted by atomic mass is 10.1. The van der Waals surface area contributed by atoms with Crippen LogP contribution in [0.4, 0.5) is 5.13 Å². The van der Waals surface area contributed by atoms with Crippen LogP contribution >= 0.6 is 45.9 Å². The van der Waals surface area contributed by atoms with E-state index < -0.39 is 0 Å². The lowest BCUT2D eigenvalue weighted by molar-refractivity contribution is 0.0736. The van der Waals surface area contributed by atoms with Crippen LogP contribution in [0, 0.1) is 0 Å². The van der Waals surface area contributed by atoms with E-state index in [2.05, 4.69) is 10.3 Å². The summed E-state index contributed by atoms with van der Waals surface area (Å²) in [6.07, 6.45) is 0.630. The zero-order chi connectivity index (χ0) is 19.0. The number of halogens is 2. The summed E-state index contributed by atoms with van der Waals surface area (Å²) in [5, 5.41) is 6.08. The van der Waals surface area contributed by atoms with E-state index in [4.69, 9.17) is 23.2 Å². The van der Waals surface area contributed by atoms with Gasteiger partial charge in [-0.3, -0.25) is 14.9 Å². The summed E-state index contributed by atoms with van der Waals surface area (Å²) in [7, 11) is 0. The van der Waals surface area contributed by atoms with E-state index in [9.17, 15) is 9.59 Å². The van der Waals surface area contributed by atoms with Crippen LogP contribution < -0.4 is 5.32 Å². The first-order valence-electron chi connectivity index (χ1n) is 8.09. The van der Waals surface area contributed by atoms with E-state index >= 15 is 0 Å². The summed E-state index contributed by atoms with van der Waals surface area (Å²) in [5.74, 6) is -0.333. The second-order valence-electron chi connectivity index (χ2n) is 5.92. The fourth-order valence-corrected chi connectivity index (χ4v) is 4.83. The van der Waals surface area contributed by atoms with Gasteiger partial charge in [-0.05, 0) is 29.6 Å². The lowest BCUT2D eigenvalue weighted by Gasteiger charge is -2.26. The van der Waals surface area contributed by atoms with Gasteiger partial charge in [-0.1, -0.05) is 40.6 Å². The van der Waals surface area contributed by atoms with Crippen molar-refractivity contribution in [3.63, 3.8) is 0 Å². The van der Waals surface area contributed by atoms with Gasteiger partial charge in [0.2, 0.25) is 0 Å². The number of nitrogens with zero attached hydrogens (tertiary/aromatic N) is 2. The number of nitrogens with one attached hydrogen (secondary N) is 1. The van der Waals surface area contributed by atoms with Crippen LogP contribution in [0.1, 0.15) is 30.6 Å². The standard InChI is InChI=1S/C18H13Cl2N3O2S2/c19-10-3-4-12(20)11(8-10)17(25)23-6-5-13-15(9-23)27-18(21-13)22-16(24)14-2-1-7-26-14/h1-4,7-8H,5-6,9H2,(H,21,22,24). The molecule has 0 radical (unpaired) electrons. The van der Waals surface area contributed by atoms with E-state index in [0.717, 1.165) is 10.6 Å². The molecule has 1 aliphatic rings. The number of rotatable bonds is 3. The van der Waals surface area contributed by atoms with E-state index in [1.54, 1.807) is 29.2 Å². The minimum Gasteiger partial charge on any atom is -0.333 e. The van der Waals surface area contributed by atoms with Crippen LogP contribution in [-0.2, 0) is 13.0 Å². The van der Waals surface area contributed by atoms with Crippen molar-refractivity contribution in [2.24, 2.45) is 0 Å². The van der Waals surface area contributed by atoms with Crippen molar-refractivity contribution in [2.45, 2.75) is 13.0 Å². The number of hydrogen-bond donors (Lipinski definition) is 1. The zero-order valence-corrected chi connectivity index (χ0v) is 17.0. The fraction of sp³-hybridized carbons (Fsp3) is 0.167. The van der Waals surface area contributed by atoms with Gasteiger partial charge in [-0.2, -0.15) is 0 Å². The number of thiophene rings is 1. The van der Waals surface area contributed by atoms with Gasteiger partial charge in [0.15, 0.2) is 5.13 Å². The molecule has 138 valence electrons. The highest BCUT2D eigenvalue weighted by Gasteiger charge is 2.26. The maximum absolute atomic E-state index is 12.8. The molecule has 5 nitrogen and oxygen atoms in total. The molecule has 1 N–H and O–H groups in total. The zero-order valence-electron chi connectivity index (χ0n) is 13.9. The monoisotopic (exact) mass is 437 g/mol. The summed E-state index contributed by atoms with van der Waals surface area (Å²) in [5.41, 5.74) is 1.31. The molecule has 0 aliphatic carbocycles. The fourth-order valence-electron chi connectivity index (χ4n) is 2.82. The van der Waals surface area contributed by atoms with Crippen molar-refractivity contribution >= 4 is 62.8 Å². The number of carbonyl (C=O) groups is 2. The molecule has 2 aromatic heterocycles. The predicted octanol–water partition coefficient (Wildman–Crippen LogP) is 4.96. The van der Waals surface area contributed by atoms with Gasteiger partial charge < -0.3 is 4.90 Å². The first-order chi connectivity index (χ1) is 13.0. The Morgan fingerprint density at radius 3 is 2.85 bits per heavy atom. The maximum Gasteiger partial charge on any atom is 0.267 e. The number of thiazole rings is 1. The summed E-state index contributed by atoms with van der Waals surface area (Å²) in [6.45, 7) is 0.972. The van der Waals surface area contributed by atoms with E-state index in [1.165, 1.54) is 22.7 Å². The minimum atomic E-state index is -0.172. The molecule has 4 rings (SSSR count). The van der Waals surface area contributed by atoms with Gasteiger partial charge in [-0.25, -0.2) is 4.98 Å². The third-order valence-electron chi connectivity index (χ3n) is 4.14. The molecule has 0 unspecified atom stereocenters. The third-order valence-corrected chi connectivity index (χ3v) is 6.57. The summed E-state index contributed by atoms with van der Waals surface area (Å²) < 4.78 is 0. The first-order valence-corrected chi connectivity index (χ1v) is 10.5. The molecule has 1 aromatic carbocycles. The second-order valence-corrected chi connectivity index (χ2v) is 8.80. The average Bonchev–Trinajstić information content (AvgIpc) is 3.31. The van der Waals surface area contributed by atoms with Gasteiger partial charge in [0, 0.05) is 22.9 Å². The van der Waals surface area contributed by atoms with Crippen molar-refractivity contribution in [1.82, 2.24) is 9.88 Å². The average molecular weight is 438 g/mol. The Kier molecular flexibility index (Phi) is 5.19. The Labute approximate surface area is 173 Å². The summed E-state index contributed by atoms with van der Waals surface area (Å²) in [6, 6.07) is 8.46. The Morgan fingerprint density at radius 1 is 1.22 bits per heavy atom. The van der Waals surface area contributed by atoms with E-state index in [-0.39, 0.29) is 11.8 Å². The Morgan fingerprint density at radius 2 is 2.07 bits per heavy atom. The quantitative estimate of drug-likeness (QED) is 0.629. The number of anilines is 1. The molecule has 0 bridgehead atoms. The normalized spacial score (nSPS) is 13.3. The van der Waals surface area contributed by atoms with Crippen molar-refractivity contribution in [1.29, 1.82) is 0 Å². The van der Waals surface area contributed by atoms with Crippen LogP contribution in [0.2, 0.25) is 10.0 Å². The van der Waals surface area contributed by atoms with Gasteiger partial charge in [0.05, 0.1) is 27.7 Å². The molecule has 0 saturated heterocycles. The molecule has 0 fully saturated rings. The molecule has 3 aromatic rings. The predicted molar refractivity (Wildman–Crippen MR) is 109 cm³/mol. The summed E-state index contributed by atoms with van der Waals surface area (Å²) in [4.78, 5) is 32.8. The van der Waals surface area contributed by atoms with Crippen molar-refractivity contribution < 1.29 is 9.59 Å². The van der Waals surface area contributed by atoms with Crippen LogP contribution in [-0.4, -0.2) is 28.2 Å². The highest BCUT2D eigenvalue weighted by molar-refractivity contribution is 7.16. The maximum atomic E-state index is 12.8. The molecule has 0 atom stereocenters. The van der Waals surface area contributed by atoms with Crippen LogP contribution in [0.5, 0.6) is 0 Å². The highest BCUT2D eigenvalue weighted by atomic mass is 35.5. The molecule has 27 heavy (non-hydrogen) atoms. The number of benzene rings is 1. The molecular formula is C18H13Cl2N3O2S2. The van der Waals surface area contributed by atoms with Crippen molar-refractivity contribution in [3.8, 4) is 0 Å². The third kappa shape index (κ3) is 3.87. The van der Waals surface area contributed by atoms with Gasteiger partial charge in [0.25, 0.3) is 11.8 Å². The number of carbonyl (C=O) groups excluding carboxylic acids is 2. The Balaban J connectivity index is 1.50. The molecule has 0 spiro atoms. The van der Waals surface area contributed by atoms with Gasteiger partial charge >= 0.3 is 0 Å². The lowest BCUT2D eigenvalue weighted by Crippen LogP contribution is -2.35. The van der Waals surface area contributed by atoms with E-state index in [1.807, 2.05) is 11.4 Å². The van der Waals surface area contributed by atoms with Crippen molar-refractivity contribution in [3.05, 3.63) is 66.8 Å². The molecule has 1 aliphatic heterocycles. The number of fused-ring (bicyclic) bond motifs is 1. The Bertz CT molecular complexity index is 1020. The SMILES string of the molecule is O=C(Nc1nc2c(s1)CN(C(=O)c1cc(Cl)ccc1Cl)CC2)c1cccs1. The largest absolute Gasteiger partial charge is 0.333 e. The smallest absolute Gasteiger partial charge is 0.267 e. The minimum absolute atomic E-state index is 0.161. The van der Waals surface area contributed by atoms with Crippen LogP contribution in [0.3, 0.4) is 0 Å². The molecule has 0 saturated carbocycles. The Hall–Kier alpha value is -1.93. The molecular weight excluding hydrogens is 425 g/mol. The van der Waals surface area contributed by atoms with Crippen molar-refractivity contribution in [2.75, 3.05) is 11.9 Å². The van der Waals surface area contributed by atoms with Crippen LogP contribution in [0.25, 0.3) is 0 Å². The number of hydrogen-bond acceptors (Lipinski definition) is 5. The molecule has 9 heteroatoms. The van der Waals surface area contributed by atoms with E-state index in [0.29, 0.717) is 45.1 Å². The van der Waals surface area contributed by atoms with Crippen LogP contribution in [0.15, 0.2) is 35.7 Å². The molecule has 3 heterocycles. The summed E-state index contributed by atoms with van der Waals surface area (Å²) >= 11 is 14.9.